The summed E-state index contributed by atoms with van der Waals surface area (Å²) in [7, 11) is -8.34. The lowest BCUT2D eigenvalue weighted by molar-refractivity contribution is 0.381. The van der Waals surface area contributed by atoms with E-state index in [1.165, 1.54) is 18.2 Å². The first kappa shape index (κ1) is 15.6. The van der Waals surface area contributed by atoms with Crippen molar-refractivity contribution in [3.05, 3.63) is 18.2 Å². The number of anilines is 2. The summed E-state index contributed by atoms with van der Waals surface area (Å²) in [5.41, 5.74) is 11.3. The van der Waals surface area contributed by atoms with Crippen molar-refractivity contribution >= 4 is 31.8 Å². The Balaban J connectivity index is 0.000000437. The van der Waals surface area contributed by atoms with Crippen LogP contribution in [0.2, 0.25) is 0 Å². The third-order valence-corrected chi connectivity index (χ3v) is 2.30. The average Bonchev–Trinajstić information content (AvgIpc) is 2.04. The zero-order valence-corrected chi connectivity index (χ0v) is 9.94. The predicted octanol–water partition coefficient (Wildman–Crippen LogP) is -1.15. The van der Waals surface area contributed by atoms with Crippen molar-refractivity contribution in [3.63, 3.8) is 0 Å². The molecule has 0 amide bonds. The molecule has 0 radical (unpaired) electrons. The molecule has 0 fully saturated rings. The van der Waals surface area contributed by atoms with Crippen LogP contribution in [0.25, 0.3) is 0 Å². The van der Waals surface area contributed by atoms with Gasteiger partial charge in [-0.2, -0.15) is 8.42 Å². The van der Waals surface area contributed by atoms with E-state index in [4.69, 9.17) is 34.1 Å². The zero-order chi connectivity index (χ0) is 13.9. The summed E-state index contributed by atoms with van der Waals surface area (Å²) in [5.74, 6) is 0. The summed E-state index contributed by atoms with van der Waals surface area (Å²) in [5, 5.41) is 4.85. The Kier molecular flexibility index (Phi) is 4.85. The van der Waals surface area contributed by atoms with Gasteiger partial charge in [-0.1, -0.05) is 0 Å². The molecule has 98 valence electrons. The smallest absolute Gasteiger partial charge is 0.394 e. The van der Waals surface area contributed by atoms with E-state index in [0.29, 0.717) is 5.69 Å². The molecule has 0 unspecified atom stereocenters. The summed E-state index contributed by atoms with van der Waals surface area (Å²) in [6.07, 6.45) is 0. The van der Waals surface area contributed by atoms with Crippen molar-refractivity contribution in [3.8, 4) is 0 Å². The van der Waals surface area contributed by atoms with Gasteiger partial charge in [-0.15, -0.1) is 0 Å². The number of hydrogen-bond acceptors (Lipinski definition) is 6. The van der Waals surface area contributed by atoms with E-state index in [1.54, 1.807) is 0 Å². The summed E-state index contributed by atoms with van der Waals surface area (Å²) in [6.45, 7) is 0. The lowest BCUT2D eigenvalue weighted by Gasteiger charge is -2.01. The molecule has 0 heterocycles. The van der Waals surface area contributed by atoms with Gasteiger partial charge in [-0.05, 0) is 18.2 Å². The van der Waals surface area contributed by atoms with Crippen LogP contribution in [0, 0.1) is 0 Å². The molecule has 0 saturated carbocycles. The van der Waals surface area contributed by atoms with Crippen LogP contribution in [-0.2, 0) is 20.4 Å². The summed E-state index contributed by atoms with van der Waals surface area (Å²) in [6, 6.07) is 3.93. The van der Waals surface area contributed by atoms with Gasteiger partial charge < -0.3 is 11.5 Å². The number of rotatable bonds is 1. The Bertz CT molecular complexity index is 586. The molecule has 0 bridgehead atoms. The minimum atomic E-state index is -4.67. The van der Waals surface area contributed by atoms with Gasteiger partial charge >= 0.3 is 10.4 Å². The van der Waals surface area contributed by atoms with Crippen molar-refractivity contribution < 1.29 is 25.9 Å². The number of benzene rings is 1. The van der Waals surface area contributed by atoms with Gasteiger partial charge in [0.25, 0.3) is 0 Å². The number of hydrogen-bond donors (Lipinski definition) is 5. The van der Waals surface area contributed by atoms with Crippen molar-refractivity contribution in [2.45, 2.75) is 4.90 Å². The normalized spacial score (nSPS) is 11.5. The lowest BCUT2D eigenvalue weighted by Crippen LogP contribution is -2.12. The van der Waals surface area contributed by atoms with Gasteiger partial charge in [0, 0.05) is 0 Å². The standard InChI is InChI=1S/C6H9N3O2S.H2O4S/c7-5-2-1-4(3-6(5)8)12(9,10)11;1-5(2,3)4/h1-3H,7-8H2,(H2,9,10,11);(H2,1,2,3,4). The van der Waals surface area contributed by atoms with Crippen LogP contribution in [0.3, 0.4) is 0 Å². The van der Waals surface area contributed by atoms with Crippen molar-refractivity contribution in [2.24, 2.45) is 5.14 Å². The minimum Gasteiger partial charge on any atom is -0.397 e. The van der Waals surface area contributed by atoms with Crippen molar-refractivity contribution in [1.82, 2.24) is 0 Å². The Morgan fingerprint density at radius 2 is 1.35 bits per heavy atom. The van der Waals surface area contributed by atoms with E-state index in [9.17, 15) is 8.42 Å². The summed E-state index contributed by atoms with van der Waals surface area (Å²) >= 11 is 0. The molecule has 0 saturated heterocycles. The molecule has 0 aromatic heterocycles. The largest absolute Gasteiger partial charge is 0.397 e. The van der Waals surface area contributed by atoms with Gasteiger partial charge in [0.1, 0.15) is 0 Å². The highest BCUT2D eigenvalue weighted by Crippen LogP contribution is 2.18. The first-order chi connectivity index (χ1) is 7.41. The van der Waals surface area contributed by atoms with E-state index < -0.39 is 20.4 Å². The van der Waals surface area contributed by atoms with Crippen LogP contribution < -0.4 is 16.6 Å². The van der Waals surface area contributed by atoms with Gasteiger partial charge in [0.2, 0.25) is 10.0 Å². The average molecular weight is 285 g/mol. The van der Waals surface area contributed by atoms with Gasteiger partial charge in [0.15, 0.2) is 0 Å². The first-order valence-electron chi connectivity index (χ1n) is 3.79. The molecule has 1 rings (SSSR count). The Morgan fingerprint density at radius 3 is 1.65 bits per heavy atom. The van der Waals surface area contributed by atoms with Crippen LogP contribution in [-0.4, -0.2) is 25.9 Å². The maximum absolute atomic E-state index is 10.8. The molecule has 11 heteroatoms. The van der Waals surface area contributed by atoms with Crippen LogP contribution in [0.15, 0.2) is 23.1 Å². The van der Waals surface area contributed by atoms with E-state index in [1.807, 2.05) is 0 Å². The Morgan fingerprint density at radius 1 is 0.941 bits per heavy atom. The SMILES string of the molecule is Nc1ccc(S(N)(=O)=O)cc1N.O=S(=O)(O)O. The Labute approximate surface area is 97.8 Å². The summed E-state index contributed by atoms with van der Waals surface area (Å²) < 4.78 is 53.1. The molecule has 0 spiro atoms. The molecule has 1 aromatic rings. The van der Waals surface area contributed by atoms with Crippen LogP contribution in [0.4, 0.5) is 11.4 Å². The quantitative estimate of drug-likeness (QED) is 0.315. The van der Waals surface area contributed by atoms with E-state index in [0.717, 1.165) is 0 Å². The summed E-state index contributed by atoms with van der Waals surface area (Å²) in [4.78, 5) is -0.0331. The minimum absolute atomic E-state index is 0.0331. The van der Waals surface area contributed by atoms with Crippen molar-refractivity contribution in [1.29, 1.82) is 0 Å². The van der Waals surface area contributed by atoms with E-state index in [2.05, 4.69) is 0 Å². The monoisotopic (exact) mass is 285 g/mol. The highest BCUT2D eigenvalue weighted by molar-refractivity contribution is 7.89. The molecule has 17 heavy (non-hydrogen) atoms. The molecule has 0 aliphatic carbocycles. The number of nitrogen functional groups attached to an aromatic ring is 2. The Hall–Kier alpha value is -1.40. The molecule has 0 atom stereocenters. The zero-order valence-electron chi connectivity index (χ0n) is 8.31. The highest BCUT2D eigenvalue weighted by Gasteiger charge is 2.08. The van der Waals surface area contributed by atoms with Crippen LogP contribution in [0.5, 0.6) is 0 Å². The maximum atomic E-state index is 10.8. The second-order valence-electron chi connectivity index (χ2n) is 2.78. The first-order valence-corrected chi connectivity index (χ1v) is 6.73. The molecule has 9 nitrogen and oxygen atoms in total. The van der Waals surface area contributed by atoms with E-state index in [-0.39, 0.29) is 10.6 Å². The third kappa shape index (κ3) is 7.48. The second kappa shape index (κ2) is 5.29. The highest BCUT2D eigenvalue weighted by atomic mass is 32.3. The molecule has 0 aliphatic rings. The molecular weight excluding hydrogens is 274 g/mol. The topological polar surface area (TPSA) is 187 Å². The van der Waals surface area contributed by atoms with Gasteiger partial charge in [-0.3, -0.25) is 9.11 Å². The number of nitrogens with two attached hydrogens (primary N) is 3. The fourth-order valence-corrected chi connectivity index (χ4v) is 1.28. The molecule has 0 aliphatic heterocycles. The van der Waals surface area contributed by atoms with E-state index >= 15 is 0 Å². The van der Waals surface area contributed by atoms with Crippen LogP contribution in [0.1, 0.15) is 0 Å². The van der Waals surface area contributed by atoms with Gasteiger partial charge in [-0.25, -0.2) is 13.6 Å². The second-order valence-corrected chi connectivity index (χ2v) is 5.24. The van der Waals surface area contributed by atoms with Crippen LogP contribution >= 0.6 is 0 Å². The lowest BCUT2D eigenvalue weighted by atomic mass is 10.3. The fraction of sp³-hybridized carbons (Fsp3) is 0. The third-order valence-electron chi connectivity index (χ3n) is 1.39. The molecular formula is C6H11N3O6S2. The molecule has 1 aromatic carbocycles. The number of sulfonamides is 1. The number of primary sulfonamides is 1. The molecule has 8 N–H and O–H groups in total. The van der Waals surface area contributed by atoms with Gasteiger partial charge in [0.05, 0.1) is 16.3 Å². The maximum Gasteiger partial charge on any atom is 0.394 e. The van der Waals surface area contributed by atoms with Crippen molar-refractivity contribution in [2.75, 3.05) is 11.5 Å². The fourth-order valence-electron chi connectivity index (χ4n) is 0.730. The predicted molar refractivity (Wildman–Crippen MR) is 60.8 cm³/mol.